The number of aromatic nitrogens is 2. The third-order valence-electron chi connectivity index (χ3n) is 7.68. The van der Waals surface area contributed by atoms with Gasteiger partial charge in [0.1, 0.15) is 30.1 Å². The average molecular weight is 511 g/mol. The number of piperidine rings is 1. The first kappa shape index (κ1) is 25.7. The maximum absolute atomic E-state index is 11.9. The molecule has 0 bridgehead atoms. The minimum Gasteiger partial charge on any atom is -0.491 e. The SMILES string of the molecule is CNCC(O)COc1cccc(-c2nc(NC3CCOC3)c(C)c(N3CCC4(CC3)CNC(=O)C4)n2)c1. The monoisotopic (exact) mass is 510 g/mol. The number of rotatable bonds is 9. The van der Waals surface area contributed by atoms with E-state index in [1.807, 2.05) is 24.3 Å². The lowest BCUT2D eigenvalue weighted by atomic mass is 9.77. The Kier molecular flexibility index (Phi) is 7.78. The van der Waals surface area contributed by atoms with Gasteiger partial charge in [0.25, 0.3) is 0 Å². The molecule has 2 unspecified atom stereocenters. The predicted molar refractivity (Wildman–Crippen MR) is 142 cm³/mol. The molecule has 200 valence electrons. The molecule has 2 atom stereocenters. The van der Waals surface area contributed by atoms with Crippen LogP contribution >= 0.6 is 0 Å². The number of benzene rings is 1. The number of ether oxygens (including phenoxy) is 2. The zero-order valence-electron chi connectivity index (χ0n) is 21.8. The van der Waals surface area contributed by atoms with Crippen LogP contribution in [0.3, 0.4) is 0 Å². The Morgan fingerprint density at radius 3 is 2.86 bits per heavy atom. The molecular formula is C27H38N6O4. The molecule has 4 heterocycles. The highest BCUT2D eigenvalue weighted by Crippen LogP contribution is 2.40. The number of likely N-dealkylation sites (N-methyl/N-ethyl adjacent to an activating group) is 1. The van der Waals surface area contributed by atoms with Gasteiger partial charge >= 0.3 is 0 Å². The van der Waals surface area contributed by atoms with E-state index in [0.717, 1.165) is 68.3 Å². The quantitative estimate of drug-likeness (QED) is 0.400. The van der Waals surface area contributed by atoms with Crippen molar-refractivity contribution in [2.75, 3.05) is 63.3 Å². The van der Waals surface area contributed by atoms with Gasteiger partial charge in [-0.1, -0.05) is 12.1 Å². The van der Waals surface area contributed by atoms with Gasteiger partial charge < -0.3 is 35.4 Å². The van der Waals surface area contributed by atoms with Crippen molar-refractivity contribution in [2.45, 2.75) is 44.8 Å². The number of nitrogens with zero attached hydrogens (tertiary/aromatic N) is 3. The third-order valence-corrected chi connectivity index (χ3v) is 7.68. The van der Waals surface area contributed by atoms with Crippen LogP contribution in [0.25, 0.3) is 11.4 Å². The van der Waals surface area contributed by atoms with Crippen LogP contribution in [-0.4, -0.2) is 86.2 Å². The zero-order valence-corrected chi connectivity index (χ0v) is 21.8. The van der Waals surface area contributed by atoms with E-state index >= 15 is 0 Å². The summed E-state index contributed by atoms with van der Waals surface area (Å²) in [6.07, 6.45) is 2.90. The van der Waals surface area contributed by atoms with Crippen LogP contribution in [0.1, 0.15) is 31.2 Å². The summed E-state index contributed by atoms with van der Waals surface area (Å²) in [7, 11) is 1.80. The lowest BCUT2D eigenvalue weighted by Crippen LogP contribution is -2.42. The Labute approximate surface area is 218 Å². The number of carbonyl (C=O) groups is 1. The molecule has 5 rings (SSSR count). The number of aliphatic hydroxyl groups is 1. The maximum Gasteiger partial charge on any atom is 0.220 e. The Morgan fingerprint density at radius 1 is 1.32 bits per heavy atom. The van der Waals surface area contributed by atoms with E-state index < -0.39 is 6.10 Å². The summed E-state index contributed by atoms with van der Waals surface area (Å²) in [5.41, 5.74) is 1.95. The Hall–Kier alpha value is -2.95. The Morgan fingerprint density at radius 2 is 2.16 bits per heavy atom. The van der Waals surface area contributed by atoms with Gasteiger partial charge in [-0.15, -0.1) is 0 Å². The van der Waals surface area contributed by atoms with E-state index in [9.17, 15) is 9.90 Å². The van der Waals surface area contributed by atoms with Crippen LogP contribution in [-0.2, 0) is 9.53 Å². The minimum absolute atomic E-state index is 0.0726. The molecule has 1 spiro atoms. The predicted octanol–water partition coefficient (Wildman–Crippen LogP) is 1.72. The highest BCUT2D eigenvalue weighted by atomic mass is 16.5. The molecule has 2 aromatic rings. The van der Waals surface area contributed by atoms with Gasteiger partial charge in [-0.25, -0.2) is 9.97 Å². The average Bonchev–Trinajstić information content (AvgIpc) is 3.55. The topological polar surface area (TPSA) is 121 Å². The van der Waals surface area contributed by atoms with Crippen molar-refractivity contribution in [3.05, 3.63) is 29.8 Å². The molecule has 0 aliphatic carbocycles. The van der Waals surface area contributed by atoms with Crippen molar-refractivity contribution in [1.82, 2.24) is 20.6 Å². The van der Waals surface area contributed by atoms with Crippen LogP contribution in [0.2, 0.25) is 0 Å². The number of hydrogen-bond acceptors (Lipinski definition) is 9. The molecule has 3 saturated heterocycles. The van der Waals surface area contributed by atoms with Crippen LogP contribution in [0.15, 0.2) is 24.3 Å². The summed E-state index contributed by atoms with van der Waals surface area (Å²) < 4.78 is 11.4. The number of anilines is 2. The molecule has 3 fully saturated rings. The number of hydrogen-bond donors (Lipinski definition) is 4. The van der Waals surface area contributed by atoms with Crippen LogP contribution in [0, 0.1) is 12.3 Å². The van der Waals surface area contributed by atoms with Crippen molar-refractivity contribution in [3.63, 3.8) is 0 Å². The van der Waals surface area contributed by atoms with Gasteiger partial charge in [0.05, 0.1) is 12.6 Å². The molecule has 10 nitrogen and oxygen atoms in total. The molecule has 3 aliphatic rings. The van der Waals surface area contributed by atoms with Crippen LogP contribution < -0.4 is 25.6 Å². The first-order chi connectivity index (χ1) is 17.9. The van der Waals surface area contributed by atoms with E-state index in [4.69, 9.17) is 19.4 Å². The van der Waals surface area contributed by atoms with Gasteiger partial charge in [0, 0.05) is 50.3 Å². The molecule has 1 aromatic carbocycles. The summed E-state index contributed by atoms with van der Waals surface area (Å²) in [6, 6.07) is 7.92. The van der Waals surface area contributed by atoms with Gasteiger partial charge in [-0.2, -0.15) is 0 Å². The van der Waals surface area contributed by atoms with Gasteiger partial charge in [-0.3, -0.25) is 4.79 Å². The fourth-order valence-electron chi connectivity index (χ4n) is 5.43. The van der Waals surface area contributed by atoms with E-state index in [1.54, 1.807) is 7.05 Å². The summed E-state index contributed by atoms with van der Waals surface area (Å²) in [5, 5.41) is 19.6. The normalized spacial score (nSPS) is 21.8. The molecule has 1 aromatic heterocycles. The summed E-state index contributed by atoms with van der Waals surface area (Å²) >= 11 is 0. The molecule has 37 heavy (non-hydrogen) atoms. The van der Waals surface area contributed by atoms with Gasteiger partial charge in [-0.05, 0) is 50.8 Å². The van der Waals surface area contributed by atoms with E-state index in [0.29, 0.717) is 31.1 Å². The zero-order chi connectivity index (χ0) is 25.8. The van der Waals surface area contributed by atoms with Crippen molar-refractivity contribution in [1.29, 1.82) is 0 Å². The molecule has 3 aliphatic heterocycles. The van der Waals surface area contributed by atoms with Crippen LogP contribution in [0.4, 0.5) is 11.6 Å². The third kappa shape index (κ3) is 5.97. The fourth-order valence-corrected chi connectivity index (χ4v) is 5.43. The second-order valence-corrected chi connectivity index (χ2v) is 10.5. The van der Waals surface area contributed by atoms with Crippen molar-refractivity contribution < 1.29 is 19.4 Å². The second kappa shape index (κ2) is 11.2. The van der Waals surface area contributed by atoms with E-state index in [-0.39, 0.29) is 24.0 Å². The lowest BCUT2D eigenvalue weighted by Gasteiger charge is -2.39. The standard InChI is InChI=1S/C27H38N6O4/c1-18-24(30-20-6-11-36-15-20)31-25(19-4-3-5-22(12-19)37-16-21(34)14-28-2)32-26(18)33-9-7-27(8-10-33)13-23(35)29-17-27/h3-5,12,20-21,28,34H,6-11,13-17H2,1-2H3,(H,29,35)(H,30,31,32). The van der Waals surface area contributed by atoms with E-state index in [2.05, 4.69) is 27.8 Å². The fraction of sp³-hybridized carbons (Fsp3) is 0.593. The number of aliphatic hydroxyl groups excluding tert-OH is 1. The van der Waals surface area contributed by atoms with Crippen molar-refractivity contribution in [2.24, 2.45) is 5.41 Å². The van der Waals surface area contributed by atoms with Crippen molar-refractivity contribution >= 4 is 17.5 Å². The Balaban J connectivity index is 1.41. The smallest absolute Gasteiger partial charge is 0.220 e. The largest absolute Gasteiger partial charge is 0.491 e. The van der Waals surface area contributed by atoms with E-state index in [1.165, 1.54) is 0 Å². The lowest BCUT2D eigenvalue weighted by molar-refractivity contribution is -0.119. The molecule has 0 saturated carbocycles. The summed E-state index contributed by atoms with van der Waals surface area (Å²) in [4.78, 5) is 24.2. The minimum atomic E-state index is -0.590. The second-order valence-electron chi connectivity index (χ2n) is 10.5. The highest BCUT2D eigenvalue weighted by Gasteiger charge is 2.41. The van der Waals surface area contributed by atoms with Crippen molar-refractivity contribution in [3.8, 4) is 17.1 Å². The highest BCUT2D eigenvalue weighted by molar-refractivity contribution is 5.79. The molecule has 4 N–H and O–H groups in total. The first-order valence-corrected chi connectivity index (χ1v) is 13.3. The Bertz CT molecular complexity index is 1100. The molecular weight excluding hydrogens is 472 g/mol. The summed E-state index contributed by atoms with van der Waals surface area (Å²) in [5.74, 6) is 3.20. The number of carbonyl (C=O) groups excluding carboxylic acids is 1. The van der Waals surface area contributed by atoms with Gasteiger partial charge in [0.2, 0.25) is 5.91 Å². The maximum atomic E-state index is 11.9. The summed E-state index contributed by atoms with van der Waals surface area (Å²) in [6.45, 7) is 6.64. The molecule has 10 heteroatoms. The number of nitrogens with one attached hydrogen (secondary N) is 3. The molecule has 0 radical (unpaired) electrons. The molecule has 1 amide bonds. The number of amides is 1. The first-order valence-electron chi connectivity index (χ1n) is 13.3. The van der Waals surface area contributed by atoms with Gasteiger partial charge in [0.15, 0.2) is 5.82 Å². The van der Waals surface area contributed by atoms with Crippen LogP contribution in [0.5, 0.6) is 5.75 Å².